The van der Waals surface area contributed by atoms with Gasteiger partial charge in [-0.15, -0.1) is 0 Å². The number of aromatic carboxylic acids is 1. The summed E-state index contributed by atoms with van der Waals surface area (Å²) in [6.45, 7) is 2.28. The molecular formula is C25H25ClN2O4. The van der Waals surface area contributed by atoms with Crippen molar-refractivity contribution in [2.75, 3.05) is 31.6 Å². The summed E-state index contributed by atoms with van der Waals surface area (Å²) in [6, 6.07) is 18.8. The molecule has 1 atom stereocenters. The average molecular weight is 453 g/mol. The molecule has 3 aromatic carbocycles. The molecule has 0 bridgehead atoms. The Kier molecular flexibility index (Phi) is 6.95. The van der Waals surface area contributed by atoms with Gasteiger partial charge in [-0.05, 0) is 58.7 Å². The molecule has 0 saturated heterocycles. The molecule has 0 fully saturated rings. The van der Waals surface area contributed by atoms with Crippen molar-refractivity contribution in [2.45, 2.75) is 12.5 Å². The van der Waals surface area contributed by atoms with E-state index in [9.17, 15) is 15.0 Å². The van der Waals surface area contributed by atoms with Crippen LogP contribution >= 0.6 is 11.6 Å². The average Bonchev–Trinajstić information content (AvgIpc) is 3.27. The number of rotatable bonds is 9. The summed E-state index contributed by atoms with van der Waals surface area (Å²) in [5, 5.41) is 27.0. The van der Waals surface area contributed by atoms with Gasteiger partial charge in [-0.3, -0.25) is 0 Å². The monoisotopic (exact) mass is 452 g/mol. The summed E-state index contributed by atoms with van der Waals surface area (Å²) in [6.07, 6.45) is 0.0953. The molecule has 1 unspecified atom stereocenters. The van der Waals surface area contributed by atoms with Crippen LogP contribution in [0.2, 0.25) is 5.02 Å². The number of nitrogens with one attached hydrogen (secondary N) is 2. The quantitative estimate of drug-likeness (QED) is 0.360. The number of hydrogen-bond donors (Lipinski definition) is 4. The van der Waals surface area contributed by atoms with Crippen LogP contribution in [0.25, 0.3) is 11.1 Å². The van der Waals surface area contributed by atoms with Crippen molar-refractivity contribution in [3.8, 4) is 16.9 Å². The van der Waals surface area contributed by atoms with Crippen molar-refractivity contribution in [3.05, 3.63) is 82.4 Å². The maximum Gasteiger partial charge on any atom is 0.339 e. The zero-order chi connectivity index (χ0) is 22.5. The van der Waals surface area contributed by atoms with Crippen LogP contribution in [0.5, 0.6) is 5.75 Å². The lowest BCUT2D eigenvalue weighted by atomic mass is 9.98. The molecule has 32 heavy (non-hydrogen) atoms. The number of ether oxygens (including phenoxy) is 1. The Bertz CT molecular complexity index is 1120. The molecule has 4 N–H and O–H groups in total. The summed E-state index contributed by atoms with van der Waals surface area (Å²) >= 11 is 5.97. The summed E-state index contributed by atoms with van der Waals surface area (Å²) in [7, 11) is 0. The Hall–Kier alpha value is -3.06. The van der Waals surface area contributed by atoms with E-state index in [1.807, 2.05) is 42.5 Å². The fraction of sp³-hybridized carbons (Fsp3) is 0.240. The van der Waals surface area contributed by atoms with Gasteiger partial charge >= 0.3 is 5.97 Å². The Morgan fingerprint density at radius 1 is 1.06 bits per heavy atom. The van der Waals surface area contributed by atoms with E-state index in [2.05, 4.69) is 10.6 Å². The molecule has 0 aliphatic carbocycles. The largest absolute Gasteiger partial charge is 0.492 e. The fourth-order valence-electron chi connectivity index (χ4n) is 3.81. The van der Waals surface area contributed by atoms with Crippen molar-refractivity contribution in [1.82, 2.24) is 5.32 Å². The molecule has 0 spiro atoms. The zero-order valence-electron chi connectivity index (χ0n) is 17.5. The molecule has 0 amide bonds. The molecular weight excluding hydrogens is 428 g/mol. The Morgan fingerprint density at radius 2 is 1.91 bits per heavy atom. The van der Waals surface area contributed by atoms with Gasteiger partial charge in [0.2, 0.25) is 0 Å². The first kappa shape index (κ1) is 22.1. The second kappa shape index (κ2) is 10.0. The van der Waals surface area contributed by atoms with E-state index in [0.717, 1.165) is 27.9 Å². The molecule has 7 heteroatoms. The molecule has 6 nitrogen and oxygen atoms in total. The van der Waals surface area contributed by atoms with E-state index >= 15 is 0 Å². The first-order chi connectivity index (χ1) is 15.5. The minimum atomic E-state index is -0.981. The summed E-state index contributed by atoms with van der Waals surface area (Å²) in [5.41, 5.74) is 4.66. The SMILES string of the molecule is O=C(O)c1cc(-c2cccc(NCCNCC(O)c3cccc(Cl)c3)c2)cc2c1OCC2. The van der Waals surface area contributed by atoms with Gasteiger partial charge in [0.15, 0.2) is 0 Å². The van der Waals surface area contributed by atoms with Crippen LogP contribution < -0.4 is 15.4 Å². The Morgan fingerprint density at radius 3 is 2.72 bits per heavy atom. The molecule has 1 aliphatic heterocycles. The molecule has 3 aromatic rings. The van der Waals surface area contributed by atoms with Crippen LogP contribution in [0.15, 0.2) is 60.7 Å². The standard InChI is InChI=1S/C25H25ClN2O4/c26-20-5-1-4-17(12-20)23(29)15-27-8-9-28-21-6-2-3-16(13-21)19-11-18-7-10-32-24(18)22(14-19)25(30)31/h1-6,11-14,23,27-29H,7-10,15H2,(H,30,31). The maximum absolute atomic E-state index is 11.6. The topological polar surface area (TPSA) is 90.8 Å². The Balaban J connectivity index is 1.34. The zero-order valence-corrected chi connectivity index (χ0v) is 18.2. The highest BCUT2D eigenvalue weighted by atomic mass is 35.5. The van der Waals surface area contributed by atoms with Gasteiger partial charge in [-0.2, -0.15) is 0 Å². The molecule has 4 rings (SSSR count). The first-order valence-corrected chi connectivity index (χ1v) is 10.9. The number of fused-ring (bicyclic) bond motifs is 1. The van der Waals surface area contributed by atoms with Gasteiger partial charge in [0.05, 0.1) is 12.7 Å². The third kappa shape index (κ3) is 5.22. The lowest BCUT2D eigenvalue weighted by Crippen LogP contribution is -2.26. The number of benzene rings is 3. The smallest absolute Gasteiger partial charge is 0.339 e. The van der Waals surface area contributed by atoms with E-state index in [1.165, 1.54) is 0 Å². The lowest BCUT2D eigenvalue weighted by Gasteiger charge is -2.14. The van der Waals surface area contributed by atoms with E-state index in [4.69, 9.17) is 16.3 Å². The number of halogens is 1. The predicted molar refractivity (Wildman–Crippen MR) is 126 cm³/mol. The van der Waals surface area contributed by atoms with Crippen molar-refractivity contribution in [2.24, 2.45) is 0 Å². The minimum absolute atomic E-state index is 0.204. The first-order valence-electron chi connectivity index (χ1n) is 10.5. The highest BCUT2D eigenvalue weighted by molar-refractivity contribution is 6.30. The molecule has 166 valence electrons. The third-order valence-electron chi connectivity index (χ3n) is 5.41. The van der Waals surface area contributed by atoms with E-state index in [1.54, 1.807) is 18.2 Å². The van der Waals surface area contributed by atoms with Crippen LogP contribution in [-0.4, -0.2) is 42.4 Å². The highest BCUT2D eigenvalue weighted by Crippen LogP contribution is 2.35. The molecule has 1 aliphatic rings. The van der Waals surface area contributed by atoms with Gasteiger partial charge in [-0.1, -0.05) is 35.9 Å². The number of anilines is 1. The van der Waals surface area contributed by atoms with E-state index in [0.29, 0.717) is 43.4 Å². The number of hydrogen-bond acceptors (Lipinski definition) is 5. The third-order valence-corrected chi connectivity index (χ3v) is 5.65. The van der Waals surface area contributed by atoms with E-state index < -0.39 is 12.1 Å². The molecule has 0 radical (unpaired) electrons. The van der Waals surface area contributed by atoms with Crippen LogP contribution in [0, 0.1) is 0 Å². The van der Waals surface area contributed by atoms with Gasteiger partial charge in [0.1, 0.15) is 11.3 Å². The second-order valence-electron chi connectivity index (χ2n) is 7.70. The minimum Gasteiger partial charge on any atom is -0.492 e. The van der Waals surface area contributed by atoms with E-state index in [-0.39, 0.29) is 5.56 Å². The highest BCUT2D eigenvalue weighted by Gasteiger charge is 2.22. The van der Waals surface area contributed by atoms with Crippen molar-refractivity contribution >= 4 is 23.3 Å². The normalized spacial score (nSPS) is 13.3. The van der Waals surface area contributed by atoms with Gasteiger partial charge in [0, 0.05) is 36.8 Å². The van der Waals surface area contributed by atoms with Crippen molar-refractivity contribution < 1.29 is 19.7 Å². The Labute approximate surface area is 191 Å². The van der Waals surface area contributed by atoms with Crippen LogP contribution in [0.3, 0.4) is 0 Å². The number of aliphatic hydroxyl groups is 1. The molecule has 0 saturated carbocycles. The molecule has 1 heterocycles. The van der Waals surface area contributed by atoms with Gasteiger partial charge < -0.3 is 25.6 Å². The number of carboxylic acids is 1. The summed E-state index contributed by atoms with van der Waals surface area (Å²) in [4.78, 5) is 11.6. The number of carbonyl (C=O) groups is 1. The van der Waals surface area contributed by atoms with Gasteiger partial charge in [0.25, 0.3) is 0 Å². The summed E-state index contributed by atoms with van der Waals surface area (Å²) in [5.74, 6) is -0.494. The number of aliphatic hydroxyl groups excluding tert-OH is 1. The van der Waals surface area contributed by atoms with Gasteiger partial charge in [-0.25, -0.2) is 4.79 Å². The van der Waals surface area contributed by atoms with Crippen LogP contribution in [0.4, 0.5) is 5.69 Å². The number of carboxylic acid groups (broad SMARTS) is 1. The lowest BCUT2D eigenvalue weighted by molar-refractivity contribution is 0.0693. The fourth-order valence-corrected chi connectivity index (χ4v) is 4.01. The molecule has 0 aromatic heterocycles. The van der Waals surface area contributed by atoms with Crippen molar-refractivity contribution in [1.29, 1.82) is 0 Å². The summed E-state index contributed by atoms with van der Waals surface area (Å²) < 4.78 is 5.51. The van der Waals surface area contributed by atoms with Crippen molar-refractivity contribution in [3.63, 3.8) is 0 Å². The van der Waals surface area contributed by atoms with Crippen LogP contribution in [0.1, 0.15) is 27.6 Å². The second-order valence-corrected chi connectivity index (χ2v) is 8.13. The van der Waals surface area contributed by atoms with Crippen LogP contribution in [-0.2, 0) is 6.42 Å². The predicted octanol–water partition coefficient (Wildman–Crippen LogP) is 4.38. The maximum atomic E-state index is 11.6.